The second-order valence-corrected chi connectivity index (χ2v) is 8.11. The lowest BCUT2D eigenvalue weighted by Gasteiger charge is -2.25. The van der Waals surface area contributed by atoms with Crippen LogP contribution >= 0.6 is 0 Å². The van der Waals surface area contributed by atoms with Crippen molar-refractivity contribution in [2.24, 2.45) is 17.8 Å². The summed E-state index contributed by atoms with van der Waals surface area (Å²) in [4.78, 5) is 30.1. The zero-order valence-corrected chi connectivity index (χ0v) is 15.2. The minimum atomic E-state index is -0.473. The average Bonchev–Trinajstić information content (AvgIpc) is 2.94. The monoisotopic (exact) mass is 357 g/mol. The summed E-state index contributed by atoms with van der Waals surface area (Å²) in [6.45, 7) is 7.62. The Morgan fingerprint density at radius 1 is 1.35 bits per heavy atom. The van der Waals surface area contributed by atoms with Gasteiger partial charge in [-0.1, -0.05) is 0 Å². The highest BCUT2D eigenvalue weighted by molar-refractivity contribution is 5.95. The van der Waals surface area contributed by atoms with E-state index in [0.29, 0.717) is 48.7 Å². The third-order valence-electron chi connectivity index (χ3n) is 5.07. The van der Waals surface area contributed by atoms with Gasteiger partial charge in [0.1, 0.15) is 5.60 Å². The number of amides is 2. The topological polar surface area (TPSA) is 84.7 Å². The molecule has 2 aliphatic rings. The lowest BCUT2D eigenvalue weighted by Crippen LogP contribution is -2.38. The number of nitrogens with one attached hydrogen (secondary N) is 1. The molecule has 7 nitrogen and oxygen atoms in total. The Labute approximate surface area is 151 Å². The number of carbonyl (C=O) groups is 2. The van der Waals surface area contributed by atoms with Crippen molar-refractivity contribution in [3.8, 4) is 0 Å². The van der Waals surface area contributed by atoms with Gasteiger partial charge in [-0.05, 0) is 50.7 Å². The van der Waals surface area contributed by atoms with Crippen LogP contribution in [-0.4, -0.2) is 47.1 Å². The summed E-state index contributed by atoms with van der Waals surface area (Å²) in [6, 6.07) is 3.54. The van der Waals surface area contributed by atoms with E-state index >= 15 is 0 Å². The van der Waals surface area contributed by atoms with Crippen LogP contribution < -0.4 is 5.32 Å². The molecule has 1 N–H and O–H groups in total. The molecule has 1 unspecified atom stereocenters. The van der Waals surface area contributed by atoms with Gasteiger partial charge in [0.25, 0.3) is 5.91 Å². The largest absolute Gasteiger partial charge is 0.449 e. The Hall–Kier alpha value is -2.57. The predicted octanol–water partition coefficient (Wildman–Crippen LogP) is 2.67. The lowest BCUT2D eigenvalue weighted by atomic mass is 10.2. The third-order valence-corrected chi connectivity index (χ3v) is 5.07. The predicted molar refractivity (Wildman–Crippen MR) is 94.6 cm³/mol. The number of hydrogen-bond donors (Lipinski definition) is 1. The van der Waals surface area contributed by atoms with E-state index < -0.39 is 5.60 Å². The Balaban J connectivity index is 1.26. The number of aromatic nitrogens is 1. The molecule has 0 spiro atoms. The molecule has 0 aromatic carbocycles. The molecule has 7 heteroatoms. The molecule has 3 atom stereocenters. The summed E-state index contributed by atoms with van der Waals surface area (Å²) >= 11 is 0. The van der Waals surface area contributed by atoms with Gasteiger partial charge in [0, 0.05) is 31.2 Å². The molecule has 1 saturated heterocycles. The number of carbonyl (C=O) groups excluding carboxylic acids is 2. The molecule has 3 heterocycles. The van der Waals surface area contributed by atoms with Crippen molar-refractivity contribution >= 4 is 23.0 Å². The van der Waals surface area contributed by atoms with Gasteiger partial charge in [-0.3, -0.25) is 9.78 Å². The molecule has 0 radical (unpaired) electrons. The molecular weight excluding hydrogens is 334 g/mol. The molecule has 1 aliphatic heterocycles. The second-order valence-electron chi connectivity index (χ2n) is 8.11. The molecule has 2 amide bonds. The fourth-order valence-corrected chi connectivity index (χ4v) is 3.72. The smallest absolute Gasteiger partial charge is 0.410 e. The minimum absolute atomic E-state index is 0.213. The molecule has 4 rings (SSSR count). The first-order valence-electron chi connectivity index (χ1n) is 8.91. The minimum Gasteiger partial charge on any atom is -0.449 e. The molecule has 138 valence electrons. The van der Waals surface area contributed by atoms with Crippen molar-refractivity contribution in [1.82, 2.24) is 15.2 Å². The van der Waals surface area contributed by atoms with Crippen LogP contribution in [0.3, 0.4) is 0 Å². The molecule has 1 saturated carbocycles. The van der Waals surface area contributed by atoms with Gasteiger partial charge in [-0.25, -0.2) is 4.79 Å². The number of likely N-dealkylation sites (tertiary alicyclic amines) is 1. The van der Waals surface area contributed by atoms with Crippen LogP contribution in [0.15, 0.2) is 28.9 Å². The van der Waals surface area contributed by atoms with Crippen molar-refractivity contribution in [2.45, 2.75) is 26.4 Å². The van der Waals surface area contributed by atoms with E-state index in [-0.39, 0.29) is 12.0 Å². The third kappa shape index (κ3) is 3.25. The number of rotatable bonds is 3. The first kappa shape index (κ1) is 16.9. The number of ether oxygens (including phenoxy) is 1. The van der Waals surface area contributed by atoms with Crippen LogP contribution in [0, 0.1) is 17.8 Å². The van der Waals surface area contributed by atoms with Crippen LogP contribution in [0.25, 0.3) is 11.0 Å². The number of pyridine rings is 1. The lowest BCUT2D eigenvalue weighted by molar-refractivity contribution is 0.0265. The van der Waals surface area contributed by atoms with E-state index in [9.17, 15) is 9.59 Å². The van der Waals surface area contributed by atoms with Gasteiger partial charge >= 0.3 is 6.09 Å². The van der Waals surface area contributed by atoms with Crippen molar-refractivity contribution in [3.05, 3.63) is 30.3 Å². The zero-order chi connectivity index (χ0) is 18.5. The first-order valence-corrected chi connectivity index (χ1v) is 8.91. The molecule has 2 fully saturated rings. The van der Waals surface area contributed by atoms with Crippen LogP contribution in [0.1, 0.15) is 31.3 Å². The summed E-state index contributed by atoms with van der Waals surface area (Å²) in [5.74, 6) is 1.40. The number of fused-ring (bicyclic) bond motifs is 2. The van der Waals surface area contributed by atoms with Gasteiger partial charge in [0.05, 0.1) is 6.20 Å². The van der Waals surface area contributed by atoms with E-state index in [2.05, 4.69) is 10.3 Å². The molecule has 1 aliphatic carbocycles. The fraction of sp³-hybridized carbons (Fsp3) is 0.526. The highest BCUT2D eigenvalue weighted by atomic mass is 16.6. The van der Waals surface area contributed by atoms with E-state index in [0.717, 1.165) is 5.39 Å². The Bertz CT molecular complexity index is 809. The van der Waals surface area contributed by atoms with E-state index in [1.54, 1.807) is 23.4 Å². The van der Waals surface area contributed by atoms with E-state index in [1.807, 2.05) is 26.8 Å². The zero-order valence-electron chi connectivity index (χ0n) is 15.2. The van der Waals surface area contributed by atoms with Crippen molar-refractivity contribution in [2.75, 3.05) is 19.6 Å². The molecular formula is C19H23N3O4. The maximum absolute atomic E-state index is 12.3. The van der Waals surface area contributed by atoms with Gasteiger partial charge in [-0.2, -0.15) is 0 Å². The maximum atomic E-state index is 12.3. The van der Waals surface area contributed by atoms with Gasteiger partial charge < -0.3 is 19.4 Å². The van der Waals surface area contributed by atoms with Crippen LogP contribution in [0.4, 0.5) is 4.79 Å². The van der Waals surface area contributed by atoms with Crippen molar-refractivity contribution in [3.63, 3.8) is 0 Å². The molecule has 26 heavy (non-hydrogen) atoms. The Morgan fingerprint density at radius 2 is 2.08 bits per heavy atom. The number of piperidine rings is 1. The fourth-order valence-electron chi connectivity index (χ4n) is 3.72. The van der Waals surface area contributed by atoms with Gasteiger partial charge in [0.2, 0.25) is 0 Å². The normalized spacial score (nSPS) is 24.4. The number of hydrogen-bond acceptors (Lipinski definition) is 5. The van der Waals surface area contributed by atoms with E-state index in [1.165, 1.54) is 0 Å². The second kappa shape index (κ2) is 6.00. The highest BCUT2D eigenvalue weighted by Gasteiger charge is 2.56. The Morgan fingerprint density at radius 3 is 2.73 bits per heavy atom. The summed E-state index contributed by atoms with van der Waals surface area (Å²) in [5, 5.41) is 3.81. The van der Waals surface area contributed by atoms with Crippen molar-refractivity contribution < 1.29 is 18.7 Å². The highest BCUT2D eigenvalue weighted by Crippen LogP contribution is 2.51. The maximum Gasteiger partial charge on any atom is 0.410 e. The molecule has 0 bridgehead atoms. The average molecular weight is 357 g/mol. The van der Waals surface area contributed by atoms with Gasteiger partial charge in [0.15, 0.2) is 11.3 Å². The first-order chi connectivity index (χ1) is 12.3. The summed E-state index contributed by atoms with van der Waals surface area (Å²) in [7, 11) is 0. The molecule has 2 aromatic heterocycles. The molecule has 2 aromatic rings. The number of nitrogens with zero attached hydrogens (tertiary/aromatic N) is 2. The summed E-state index contributed by atoms with van der Waals surface area (Å²) in [5.41, 5.74) is 0.133. The van der Waals surface area contributed by atoms with Crippen molar-refractivity contribution in [1.29, 1.82) is 0 Å². The standard InChI is InChI=1S/C19H23N3O4/c1-19(2,3)26-18(24)22-9-13-12(14(13)10-22)7-21-17(23)15-6-11-4-5-20-8-16(11)25-15/h4-6,8,12-14H,7,9-10H2,1-3H3,(H,21,23)/t12?,13-,14+. The number of furan rings is 1. The van der Waals surface area contributed by atoms with Crippen LogP contribution in [0.2, 0.25) is 0 Å². The van der Waals surface area contributed by atoms with E-state index in [4.69, 9.17) is 9.15 Å². The summed E-state index contributed by atoms with van der Waals surface area (Å²) in [6.07, 6.45) is 3.02. The summed E-state index contributed by atoms with van der Waals surface area (Å²) < 4.78 is 10.9. The SMILES string of the molecule is CC(C)(C)OC(=O)N1C[C@@H]2C(CNC(=O)c3cc4ccncc4o3)[C@@H]2C1. The van der Waals surface area contributed by atoms with Crippen LogP contribution in [0.5, 0.6) is 0 Å². The van der Waals surface area contributed by atoms with Crippen LogP contribution in [-0.2, 0) is 4.74 Å². The quantitative estimate of drug-likeness (QED) is 0.913. The Kier molecular flexibility index (Phi) is 3.89. The van der Waals surface area contributed by atoms with Gasteiger partial charge in [-0.15, -0.1) is 0 Å².